The van der Waals surface area contributed by atoms with Gasteiger partial charge >= 0.3 is 0 Å². The molecule has 0 saturated carbocycles. The maximum Gasteiger partial charge on any atom is 0.252 e. The number of rotatable bonds is 20. The van der Waals surface area contributed by atoms with Crippen molar-refractivity contribution in [1.82, 2.24) is 68.5 Å². The Morgan fingerprint density at radius 2 is 0.802 bits per heavy atom. The van der Waals surface area contributed by atoms with Crippen molar-refractivity contribution in [3.05, 3.63) is 218 Å². The lowest BCUT2D eigenvalue weighted by atomic mass is 10.1. The number of amides is 8. The third-order valence-electron chi connectivity index (χ3n) is 21.2. The van der Waals surface area contributed by atoms with Crippen molar-refractivity contribution in [3.8, 4) is 50.7 Å². The highest BCUT2D eigenvalue weighted by Gasteiger charge is 2.32. The molecule has 0 radical (unpaired) electrons. The molecule has 9 N–H and O–H groups in total. The van der Waals surface area contributed by atoms with E-state index in [0.29, 0.717) is 96.5 Å². The number of aromatic nitrogens is 10. The van der Waals surface area contributed by atoms with Crippen molar-refractivity contribution in [2.24, 2.45) is 22.9 Å². The molecule has 0 spiro atoms. The Labute approximate surface area is 671 Å². The zero-order valence-corrected chi connectivity index (χ0v) is 66.0. The number of fused-ring (bicyclic) bond motifs is 1. The summed E-state index contributed by atoms with van der Waals surface area (Å²) in [4.78, 5) is 105. The molecule has 5 aliphatic heterocycles. The number of sulfonamides is 1. The number of furan rings is 1. The summed E-state index contributed by atoms with van der Waals surface area (Å²) in [5.41, 5.74) is 34.1. The van der Waals surface area contributed by atoms with Crippen molar-refractivity contribution in [1.29, 1.82) is 0 Å². The van der Waals surface area contributed by atoms with Crippen LogP contribution in [0.5, 0.6) is 0 Å². The Balaban J connectivity index is 0.000000143. The van der Waals surface area contributed by atoms with Crippen LogP contribution in [0.2, 0.25) is 0 Å². The maximum atomic E-state index is 12.1. The molecule has 4 aromatic carbocycles. The van der Waals surface area contributed by atoms with Crippen LogP contribution in [0.15, 0.2) is 189 Å². The smallest absolute Gasteiger partial charge is 0.252 e. The van der Waals surface area contributed by atoms with Gasteiger partial charge in [-0.1, -0.05) is 62.7 Å². The van der Waals surface area contributed by atoms with Crippen LogP contribution in [0.4, 0.5) is 11.4 Å². The summed E-state index contributed by atoms with van der Waals surface area (Å²) in [5.74, 6) is -2.59. The Hall–Kier alpha value is -13.3. The summed E-state index contributed by atoms with van der Waals surface area (Å²) in [5, 5.41) is 24.1. The first-order valence-corrected chi connectivity index (χ1v) is 40.3. The molecular weight excluding hydrogens is 1500 g/mol. The van der Waals surface area contributed by atoms with E-state index < -0.39 is 33.7 Å². The van der Waals surface area contributed by atoms with Crippen LogP contribution in [-0.4, -0.2) is 196 Å². The number of hydrogen-bond acceptors (Lipinski definition) is 17. The van der Waals surface area contributed by atoms with Gasteiger partial charge in [0, 0.05) is 135 Å². The predicted molar refractivity (Wildman–Crippen MR) is 441 cm³/mol. The molecule has 10 aromatic rings. The van der Waals surface area contributed by atoms with Gasteiger partial charge in [-0.05, 0) is 169 Å². The fourth-order valence-electron chi connectivity index (χ4n) is 15.4. The third-order valence-corrected chi connectivity index (χ3v) is 21.8. The number of piperidine rings is 4. The first-order chi connectivity index (χ1) is 55.7. The van der Waals surface area contributed by atoms with Crippen molar-refractivity contribution in [2.45, 2.75) is 102 Å². The van der Waals surface area contributed by atoms with E-state index in [4.69, 9.17) is 37.5 Å². The standard InChI is InChI=1S/C23H26N6O2.C22H27N5O2.C20H20N4O3.C19H23N5O4S/c1-4-21(30)27-11-5-6-19(13-27)28-14-20(23(24)31)22(26-28)17-7-9-18(10-8-17)29-16(3)12-15(2)25-29;1-2-20(28)26-13-5-6-18(14-26)27-15-19(22(23)29)21(24-27)16-7-9-17(10-8-16)25-11-3-4-12-25;1-2-18(25)23-8-3-4-15(11-23)24-12-16(20(21)26)19(22-24)14-5-6-17-13(10-14)7-9-27-17;1-3-17(25)23-9-5-8-15(11-23)24-12-16(19(20)26)18(21-24)13-6-4-7-14(10-13)22-29(2,27)28/h4,7-10,12,14,19H,1,5-6,11,13H2,2-3H3,(H2,24,31);2,7-10,15,18H,1,3-6,11-14H2,(H2,23,29);2,5-7,9-10,12,15H,1,3-4,8,11H2,(H2,21,26);3-4,6-7,10,12,15,22H,1,5,8-9,11H2,2H3,(H2,20,26)/t19-;18-;2*15-/m1111/s1. The lowest BCUT2D eigenvalue weighted by molar-refractivity contribution is -0.128. The number of likely N-dealkylation sites (tertiary alicyclic amines) is 4. The predicted octanol–water partition coefficient (Wildman–Crippen LogP) is 9.51. The van der Waals surface area contributed by atoms with E-state index in [9.17, 15) is 46.8 Å². The van der Waals surface area contributed by atoms with E-state index in [-0.39, 0.29) is 53.4 Å². The van der Waals surface area contributed by atoms with Gasteiger partial charge in [0.15, 0.2) is 0 Å². The first-order valence-electron chi connectivity index (χ1n) is 38.4. The number of carbonyl (C=O) groups is 8. The first kappa shape index (κ1) is 82.2. The number of carbonyl (C=O) groups excluding carboxylic acids is 8. The molecule has 5 aliphatic rings. The molecule has 0 aliphatic carbocycles. The summed E-state index contributed by atoms with van der Waals surface area (Å²) < 4.78 is 39.6. The van der Waals surface area contributed by atoms with E-state index >= 15 is 0 Å². The molecule has 4 atom stereocenters. The highest BCUT2D eigenvalue weighted by molar-refractivity contribution is 7.92. The molecule has 0 bridgehead atoms. The molecule has 5 fully saturated rings. The SMILES string of the molecule is C=CC(=O)N1CCC[C@@H](n2cc(C(N)=O)c(-c3ccc(-n4nc(C)cc4C)cc3)n2)C1.C=CC(=O)N1CCC[C@@H](n2cc(C(N)=O)c(-c3ccc(N4CCCC4)cc3)n2)C1.C=CC(=O)N1CCC[C@@H](n2cc(C(N)=O)c(-c3ccc4occc4c3)n2)C1.C=CC(=O)N1CCC[C@@H](n2cc(C(N)=O)c(-c3cccc(NS(C)(=O)=O)c3)n2)C1. The summed E-state index contributed by atoms with van der Waals surface area (Å²) in [6.07, 6.45) is 24.0. The number of anilines is 2. The van der Waals surface area contributed by atoms with Crippen LogP contribution in [-0.2, 0) is 29.2 Å². The van der Waals surface area contributed by atoms with E-state index in [1.165, 1.54) is 42.8 Å². The van der Waals surface area contributed by atoms with Gasteiger partial charge in [-0.2, -0.15) is 25.5 Å². The molecule has 15 rings (SSSR count). The van der Waals surface area contributed by atoms with Gasteiger partial charge < -0.3 is 51.9 Å². The van der Waals surface area contributed by atoms with E-state index in [1.807, 2.05) is 85.3 Å². The minimum absolute atomic E-state index is 0.00726. The van der Waals surface area contributed by atoms with Gasteiger partial charge in [0.25, 0.3) is 23.6 Å². The number of primary amides is 4. The van der Waals surface area contributed by atoms with Gasteiger partial charge in [0.2, 0.25) is 33.7 Å². The van der Waals surface area contributed by atoms with Crippen molar-refractivity contribution in [3.63, 3.8) is 0 Å². The van der Waals surface area contributed by atoms with E-state index in [1.54, 1.807) is 93.6 Å². The van der Waals surface area contributed by atoms with Crippen LogP contribution < -0.4 is 32.6 Å². The lowest BCUT2D eigenvalue weighted by Gasteiger charge is -2.32. The number of benzene rings is 4. The normalized spacial score (nSPS) is 17.5. The minimum Gasteiger partial charge on any atom is -0.464 e. The monoisotopic (exact) mass is 1590 g/mol. The number of hydrogen-bond donors (Lipinski definition) is 5. The van der Waals surface area contributed by atoms with Crippen LogP contribution in [0, 0.1) is 13.8 Å². The largest absolute Gasteiger partial charge is 0.464 e. The second-order valence-electron chi connectivity index (χ2n) is 29.3. The Kier molecular flexibility index (Phi) is 25.7. The molecule has 6 aromatic heterocycles. The number of nitrogens with two attached hydrogens (primary N) is 4. The second kappa shape index (κ2) is 36.3. The molecule has 604 valence electrons. The van der Waals surface area contributed by atoms with Gasteiger partial charge in [-0.3, -0.25) is 61.8 Å². The summed E-state index contributed by atoms with van der Waals surface area (Å²) in [6, 6.07) is 31.9. The Bertz CT molecular complexity index is 5490. The average Bonchev–Trinajstić information content (AvgIpc) is 1.63. The fraction of sp³-hybridized carbons (Fsp3) is 0.321. The lowest BCUT2D eigenvalue weighted by Crippen LogP contribution is -2.40. The van der Waals surface area contributed by atoms with Gasteiger partial charge in [-0.25, -0.2) is 13.1 Å². The highest BCUT2D eigenvalue weighted by Crippen LogP contribution is 2.35. The van der Waals surface area contributed by atoms with Gasteiger partial charge in [0.05, 0.1) is 70.3 Å². The van der Waals surface area contributed by atoms with Crippen molar-refractivity contribution < 1.29 is 51.2 Å². The minimum atomic E-state index is -3.44. The molecule has 116 heavy (non-hydrogen) atoms. The molecular formula is C84H96N20O11S. The molecule has 5 saturated heterocycles. The van der Waals surface area contributed by atoms with Crippen LogP contribution in [0.1, 0.15) is 141 Å². The van der Waals surface area contributed by atoms with Crippen molar-refractivity contribution in [2.75, 3.05) is 81.3 Å². The molecule has 32 heteroatoms. The topological polar surface area (TPSA) is 405 Å². The highest BCUT2D eigenvalue weighted by atomic mass is 32.2. The maximum absolute atomic E-state index is 12.1. The van der Waals surface area contributed by atoms with Crippen LogP contribution >= 0.6 is 0 Å². The molecule has 31 nitrogen and oxygen atoms in total. The second-order valence-corrected chi connectivity index (χ2v) is 31.1. The number of nitrogens with one attached hydrogen (secondary N) is 1. The number of nitrogens with zero attached hydrogens (tertiary/aromatic N) is 15. The Morgan fingerprint density at radius 3 is 1.16 bits per heavy atom. The average molecular weight is 1590 g/mol. The van der Waals surface area contributed by atoms with Crippen molar-refractivity contribution >= 4 is 79.6 Å². The van der Waals surface area contributed by atoms with E-state index in [2.05, 4.69) is 63.4 Å². The summed E-state index contributed by atoms with van der Waals surface area (Å²) >= 11 is 0. The number of aryl methyl sites for hydroxylation is 2. The zero-order chi connectivity index (χ0) is 82.6. The zero-order valence-electron chi connectivity index (χ0n) is 65.2. The van der Waals surface area contributed by atoms with E-state index in [0.717, 1.165) is 122 Å². The van der Waals surface area contributed by atoms with Crippen LogP contribution in [0.3, 0.4) is 0 Å². The quantitative estimate of drug-likeness (QED) is 0.0443. The summed E-state index contributed by atoms with van der Waals surface area (Å²) in [7, 11) is -3.44. The summed E-state index contributed by atoms with van der Waals surface area (Å²) in [6.45, 7) is 25.2. The molecule has 0 unspecified atom stereocenters. The van der Waals surface area contributed by atoms with Crippen LogP contribution in [0.25, 0.3) is 61.7 Å². The Morgan fingerprint density at radius 1 is 0.440 bits per heavy atom. The van der Waals surface area contributed by atoms with Gasteiger partial charge in [0.1, 0.15) is 28.4 Å². The van der Waals surface area contributed by atoms with Gasteiger partial charge in [-0.15, -0.1) is 0 Å². The third kappa shape index (κ3) is 19.3. The fourth-order valence-corrected chi connectivity index (χ4v) is 16.0. The molecule has 8 amide bonds. The molecule has 11 heterocycles.